The van der Waals surface area contributed by atoms with Crippen LogP contribution in [0.1, 0.15) is 50.5 Å². The first-order valence-electron chi connectivity index (χ1n) is 13.5. The number of likely N-dealkylation sites (tertiary alicyclic amines) is 2. The van der Waals surface area contributed by atoms with Gasteiger partial charge in [-0.15, -0.1) is 0 Å². The maximum atomic E-state index is 13.5. The summed E-state index contributed by atoms with van der Waals surface area (Å²) >= 11 is 1.56. The van der Waals surface area contributed by atoms with Gasteiger partial charge in [0.1, 0.15) is 0 Å². The Morgan fingerprint density at radius 3 is 2.14 bits per heavy atom. The molecule has 0 bridgehead atoms. The summed E-state index contributed by atoms with van der Waals surface area (Å²) in [5.74, 6) is 1.75. The Kier molecular flexibility index (Phi) is 8.18. The van der Waals surface area contributed by atoms with Crippen molar-refractivity contribution in [1.82, 2.24) is 9.80 Å². The monoisotopic (exact) mass is 517 g/mol. The van der Waals surface area contributed by atoms with Crippen LogP contribution in [0.4, 0.5) is 24.5 Å². The molecule has 3 nitrogen and oxygen atoms in total. The van der Waals surface area contributed by atoms with Crippen molar-refractivity contribution in [2.75, 3.05) is 51.2 Å². The van der Waals surface area contributed by atoms with Gasteiger partial charge in [0, 0.05) is 22.9 Å². The second-order valence-electron chi connectivity index (χ2n) is 10.9. The maximum Gasteiger partial charge on any atom is 0.416 e. The molecule has 36 heavy (non-hydrogen) atoms. The van der Waals surface area contributed by atoms with E-state index in [-0.39, 0.29) is 0 Å². The van der Waals surface area contributed by atoms with E-state index < -0.39 is 11.7 Å². The van der Waals surface area contributed by atoms with Crippen LogP contribution in [0.3, 0.4) is 0 Å². The second kappa shape index (κ2) is 11.4. The number of piperidine rings is 2. The van der Waals surface area contributed by atoms with Gasteiger partial charge < -0.3 is 14.7 Å². The van der Waals surface area contributed by atoms with Crippen molar-refractivity contribution in [3.8, 4) is 0 Å². The SMILES string of the molecule is CN1CCC(CCCC2CCN(CCN3c4ccccc4Sc4ccc(C(F)(F)F)cc43)CC2)CC1. The van der Waals surface area contributed by atoms with E-state index in [1.807, 2.05) is 18.2 Å². The van der Waals surface area contributed by atoms with E-state index in [0.717, 1.165) is 46.9 Å². The molecule has 0 atom stereocenters. The highest BCUT2D eigenvalue weighted by Gasteiger charge is 2.33. The highest BCUT2D eigenvalue weighted by Crippen LogP contribution is 2.49. The van der Waals surface area contributed by atoms with Gasteiger partial charge in [-0.2, -0.15) is 13.2 Å². The molecule has 2 aromatic carbocycles. The number of benzene rings is 2. The summed E-state index contributed by atoms with van der Waals surface area (Å²) in [6.45, 7) is 6.28. The topological polar surface area (TPSA) is 9.72 Å². The third-order valence-corrected chi connectivity index (χ3v) is 9.49. The summed E-state index contributed by atoms with van der Waals surface area (Å²) in [5.41, 5.74) is 1.11. The lowest BCUT2D eigenvalue weighted by molar-refractivity contribution is -0.137. The zero-order chi connectivity index (χ0) is 25.1. The van der Waals surface area contributed by atoms with Crippen molar-refractivity contribution >= 4 is 23.1 Å². The highest BCUT2D eigenvalue weighted by atomic mass is 32.2. The summed E-state index contributed by atoms with van der Waals surface area (Å²) in [6, 6.07) is 12.2. The maximum absolute atomic E-state index is 13.5. The average Bonchev–Trinajstić information content (AvgIpc) is 2.87. The van der Waals surface area contributed by atoms with Gasteiger partial charge in [0.15, 0.2) is 0 Å². The van der Waals surface area contributed by atoms with Crippen LogP contribution in [0.2, 0.25) is 0 Å². The number of fused-ring (bicyclic) bond motifs is 2. The van der Waals surface area contributed by atoms with Gasteiger partial charge in [0.25, 0.3) is 0 Å². The fraction of sp³-hybridized carbons (Fsp3) is 0.586. The molecular weight excluding hydrogens is 479 g/mol. The molecule has 0 unspecified atom stereocenters. The van der Waals surface area contributed by atoms with E-state index in [4.69, 9.17) is 0 Å². The summed E-state index contributed by atoms with van der Waals surface area (Å²) in [6.07, 6.45) is 4.98. The van der Waals surface area contributed by atoms with E-state index in [9.17, 15) is 13.2 Å². The van der Waals surface area contributed by atoms with Gasteiger partial charge >= 0.3 is 6.18 Å². The molecule has 0 aliphatic carbocycles. The lowest BCUT2D eigenvalue weighted by Gasteiger charge is -2.37. The number of rotatable bonds is 7. The minimum Gasteiger partial charge on any atom is -0.338 e. The molecule has 196 valence electrons. The standard InChI is InChI=1S/C29H38F3N3S/c1-33-15-11-22(12-16-33)5-4-6-23-13-17-34(18-14-23)19-20-35-25-7-2-3-8-27(25)36-28-10-9-24(21-26(28)35)29(30,31)32/h2-3,7-10,21-23H,4-6,11-20H2,1H3. The Bertz CT molecular complexity index is 1010. The Balaban J connectivity index is 1.15. The molecule has 5 rings (SSSR count). The van der Waals surface area contributed by atoms with E-state index in [2.05, 4.69) is 27.8 Å². The number of halogens is 3. The normalized spacial score (nSPS) is 20.4. The molecular formula is C29H38F3N3S. The molecule has 0 saturated carbocycles. The van der Waals surface area contributed by atoms with Crippen molar-refractivity contribution in [3.05, 3.63) is 48.0 Å². The lowest BCUT2D eigenvalue weighted by Crippen LogP contribution is -2.39. The van der Waals surface area contributed by atoms with Crippen LogP contribution in [-0.4, -0.2) is 56.1 Å². The van der Waals surface area contributed by atoms with Crippen molar-refractivity contribution in [3.63, 3.8) is 0 Å². The van der Waals surface area contributed by atoms with E-state index in [0.29, 0.717) is 12.2 Å². The highest BCUT2D eigenvalue weighted by molar-refractivity contribution is 7.99. The van der Waals surface area contributed by atoms with Crippen LogP contribution < -0.4 is 4.90 Å². The molecule has 7 heteroatoms. The Hall–Kier alpha value is -1.70. The number of para-hydroxylation sites is 1. The molecule has 3 heterocycles. The van der Waals surface area contributed by atoms with Crippen LogP contribution in [0.5, 0.6) is 0 Å². The average molecular weight is 518 g/mol. The summed E-state index contributed by atoms with van der Waals surface area (Å²) in [5, 5.41) is 0. The third kappa shape index (κ3) is 6.22. The predicted octanol–water partition coefficient (Wildman–Crippen LogP) is 7.53. The molecule has 0 spiro atoms. The minimum atomic E-state index is -4.34. The Morgan fingerprint density at radius 1 is 0.806 bits per heavy atom. The predicted molar refractivity (Wildman–Crippen MR) is 142 cm³/mol. The number of hydrogen-bond donors (Lipinski definition) is 0. The van der Waals surface area contributed by atoms with Crippen LogP contribution in [0.15, 0.2) is 52.3 Å². The number of hydrogen-bond acceptors (Lipinski definition) is 4. The number of alkyl halides is 3. The van der Waals surface area contributed by atoms with Crippen LogP contribution >= 0.6 is 11.8 Å². The molecule has 0 aromatic heterocycles. The zero-order valence-corrected chi connectivity index (χ0v) is 22.1. The number of nitrogens with zero attached hydrogens (tertiary/aromatic N) is 3. The first kappa shape index (κ1) is 25.9. The number of anilines is 2. The van der Waals surface area contributed by atoms with Gasteiger partial charge in [-0.1, -0.05) is 43.2 Å². The van der Waals surface area contributed by atoms with Gasteiger partial charge in [-0.3, -0.25) is 0 Å². The van der Waals surface area contributed by atoms with Gasteiger partial charge in [0.05, 0.1) is 16.9 Å². The van der Waals surface area contributed by atoms with Crippen LogP contribution in [0.25, 0.3) is 0 Å². The van der Waals surface area contributed by atoms with Crippen LogP contribution in [-0.2, 0) is 6.18 Å². The quantitative estimate of drug-likeness (QED) is 0.375. The fourth-order valence-electron chi connectivity index (χ4n) is 6.03. The van der Waals surface area contributed by atoms with Gasteiger partial charge in [0.2, 0.25) is 0 Å². The van der Waals surface area contributed by atoms with E-state index in [1.165, 1.54) is 70.2 Å². The Labute approximate surface area is 218 Å². The van der Waals surface area contributed by atoms with Crippen molar-refractivity contribution in [2.24, 2.45) is 11.8 Å². The molecule has 2 fully saturated rings. The van der Waals surface area contributed by atoms with Crippen molar-refractivity contribution in [1.29, 1.82) is 0 Å². The lowest BCUT2D eigenvalue weighted by atomic mass is 9.87. The van der Waals surface area contributed by atoms with Crippen molar-refractivity contribution in [2.45, 2.75) is 60.9 Å². The van der Waals surface area contributed by atoms with Crippen LogP contribution in [0, 0.1) is 11.8 Å². The zero-order valence-electron chi connectivity index (χ0n) is 21.3. The Morgan fingerprint density at radius 2 is 1.44 bits per heavy atom. The van der Waals surface area contributed by atoms with Gasteiger partial charge in [-0.05, 0) is 101 Å². The van der Waals surface area contributed by atoms with E-state index in [1.54, 1.807) is 17.8 Å². The van der Waals surface area contributed by atoms with Gasteiger partial charge in [-0.25, -0.2) is 0 Å². The summed E-state index contributed by atoms with van der Waals surface area (Å²) in [7, 11) is 2.23. The summed E-state index contributed by atoms with van der Waals surface area (Å²) < 4.78 is 40.4. The molecule has 2 saturated heterocycles. The molecule has 0 N–H and O–H groups in total. The molecule has 3 aliphatic rings. The molecule has 0 amide bonds. The second-order valence-corrected chi connectivity index (χ2v) is 11.9. The first-order valence-corrected chi connectivity index (χ1v) is 14.3. The largest absolute Gasteiger partial charge is 0.416 e. The molecule has 0 radical (unpaired) electrons. The van der Waals surface area contributed by atoms with E-state index >= 15 is 0 Å². The molecule has 2 aromatic rings. The minimum absolute atomic E-state index is 0.577. The third-order valence-electron chi connectivity index (χ3n) is 8.36. The summed E-state index contributed by atoms with van der Waals surface area (Å²) in [4.78, 5) is 9.05. The smallest absolute Gasteiger partial charge is 0.338 e. The first-order chi connectivity index (χ1) is 17.4. The molecule has 3 aliphatic heterocycles. The fourth-order valence-corrected chi connectivity index (χ4v) is 7.11. The van der Waals surface area contributed by atoms with Crippen molar-refractivity contribution < 1.29 is 13.2 Å².